The number of hydrogen-bond acceptors (Lipinski definition) is 3. The van der Waals surface area contributed by atoms with Crippen molar-refractivity contribution in [3.63, 3.8) is 0 Å². The largest absolute Gasteiger partial charge is 0.347 e. The number of hydrogen-bond donors (Lipinski definition) is 2. The Balaban J connectivity index is 1.86. The van der Waals surface area contributed by atoms with Crippen molar-refractivity contribution in [3.8, 4) is 0 Å². The Bertz CT molecular complexity index is 721. The summed E-state index contributed by atoms with van der Waals surface area (Å²) in [7, 11) is 0. The van der Waals surface area contributed by atoms with Crippen LogP contribution in [0.5, 0.6) is 0 Å². The van der Waals surface area contributed by atoms with Crippen molar-refractivity contribution in [1.82, 2.24) is 10.3 Å². The van der Waals surface area contributed by atoms with E-state index in [9.17, 15) is 9.59 Å². The van der Waals surface area contributed by atoms with Gasteiger partial charge in [0.25, 0.3) is 0 Å². The van der Waals surface area contributed by atoms with Gasteiger partial charge in [-0.05, 0) is 42.8 Å². The summed E-state index contributed by atoms with van der Waals surface area (Å²) in [5.74, 6) is -0.295. The first-order valence-corrected chi connectivity index (χ1v) is 7.29. The quantitative estimate of drug-likeness (QED) is 0.834. The van der Waals surface area contributed by atoms with E-state index in [1.54, 1.807) is 18.2 Å². The van der Waals surface area contributed by atoms with Crippen LogP contribution >= 0.6 is 0 Å². The highest BCUT2D eigenvalue weighted by Crippen LogP contribution is 2.10. The maximum atomic E-state index is 11.8. The number of carbonyl (C=O) groups excluding carboxylic acids is 2. The van der Waals surface area contributed by atoms with Gasteiger partial charge >= 0.3 is 0 Å². The van der Waals surface area contributed by atoms with E-state index in [-0.39, 0.29) is 11.8 Å². The Hall–Kier alpha value is -2.95. The minimum atomic E-state index is -0.181. The van der Waals surface area contributed by atoms with E-state index in [1.807, 2.05) is 37.3 Å². The van der Waals surface area contributed by atoms with Gasteiger partial charge in [0.05, 0.1) is 12.2 Å². The predicted molar refractivity (Wildman–Crippen MR) is 90.6 cm³/mol. The summed E-state index contributed by atoms with van der Waals surface area (Å²) in [6.07, 6.45) is 3.19. The molecule has 2 N–H and O–H groups in total. The van der Waals surface area contributed by atoms with Crippen LogP contribution in [-0.2, 0) is 16.1 Å². The first kappa shape index (κ1) is 16.4. The minimum Gasteiger partial charge on any atom is -0.347 e. The molecule has 0 fully saturated rings. The summed E-state index contributed by atoms with van der Waals surface area (Å²) in [5, 5.41) is 5.48. The Morgan fingerprint density at radius 3 is 2.52 bits per heavy atom. The number of carbonyl (C=O) groups is 2. The third-order valence-corrected chi connectivity index (χ3v) is 3.05. The Labute approximate surface area is 135 Å². The van der Waals surface area contributed by atoms with E-state index in [0.29, 0.717) is 6.54 Å². The Kier molecular flexibility index (Phi) is 5.63. The molecule has 0 saturated carbocycles. The van der Waals surface area contributed by atoms with Gasteiger partial charge < -0.3 is 10.6 Å². The second-order valence-electron chi connectivity index (χ2n) is 5.12. The van der Waals surface area contributed by atoms with Crippen LogP contribution in [-0.4, -0.2) is 16.8 Å². The molecule has 0 aliphatic carbocycles. The van der Waals surface area contributed by atoms with Gasteiger partial charge in [0.2, 0.25) is 11.8 Å². The van der Waals surface area contributed by atoms with Crippen LogP contribution in [0.2, 0.25) is 0 Å². The van der Waals surface area contributed by atoms with Crippen molar-refractivity contribution in [3.05, 3.63) is 65.5 Å². The molecule has 0 bridgehead atoms. The topological polar surface area (TPSA) is 71.1 Å². The lowest BCUT2D eigenvalue weighted by Gasteiger charge is -2.03. The van der Waals surface area contributed by atoms with E-state index >= 15 is 0 Å². The van der Waals surface area contributed by atoms with Gasteiger partial charge in [0.1, 0.15) is 0 Å². The van der Waals surface area contributed by atoms with Crippen molar-refractivity contribution >= 4 is 23.6 Å². The molecule has 2 amide bonds. The lowest BCUT2D eigenvalue weighted by molar-refractivity contribution is -0.116. The Morgan fingerprint density at radius 2 is 1.87 bits per heavy atom. The number of amides is 2. The summed E-state index contributed by atoms with van der Waals surface area (Å²) >= 11 is 0. The highest BCUT2D eigenvalue weighted by molar-refractivity contribution is 5.92. The fourth-order valence-corrected chi connectivity index (χ4v) is 1.99. The van der Waals surface area contributed by atoms with Crippen LogP contribution in [0.1, 0.15) is 23.9 Å². The molecule has 2 aromatic rings. The minimum absolute atomic E-state index is 0.113. The number of rotatable bonds is 5. The van der Waals surface area contributed by atoms with Gasteiger partial charge in [0, 0.05) is 24.4 Å². The average Bonchev–Trinajstić information content (AvgIpc) is 2.52. The van der Waals surface area contributed by atoms with E-state index in [4.69, 9.17) is 0 Å². The summed E-state index contributed by atoms with van der Waals surface area (Å²) in [6, 6.07) is 12.9. The predicted octanol–water partition coefficient (Wildman–Crippen LogP) is 2.68. The summed E-state index contributed by atoms with van der Waals surface area (Å²) < 4.78 is 0. The Morgan fingerprint density at radius 1 is 1.13 bits per heavy atom. The number of pyridine rings is 1. The highest BCUT2D eigenvalue weighted by atomic mass is 16.2. The zero-order chi connectivity index (χ0) is 16.7. The smallest absolute Gasteiger partial charge is 0.244 e. The summed E-state index contributed by atoms with van der Waals surface area (Å²) in [5.41, 5.74) is 3.35. The number of aromatic nitrogens is 1. The van der Waals surface area contributed by atoms with Crippen LogP contribution in [0.4, 0.5) is 5.69 Å². The SMILES string of the molecule is CC(=O)Nc1ccc(/C=C/C(=O)NCc2cccc(C)n2)cc1. The van der Waals surface area contributed by atoms with E-state index in [2.05, 4.69) is 15.6 Å². The fraction of sp³-hybridized carbons (Fsp3) is 0.167. The second-order valence-corrected chi connectivity index (χ2v) is 5.12. The van der Waals surface area contributed by atoms with Crippen LogP contribution in [0.25, 0.3) is 6.08 Å². The van der Waals surface area contributed by atoms with Gasteiger partial charge in [-0.15, -0.1) is 0 Å². The van der Waals surface area contributed by atoms with E-state index < -0.39 is 0 Å². The molecule has 5 heteroatoms. The normalized spacial score (nSPS) is 10.5. The zero-order valence-corrected chi connectivity index (χ0v) is 13.2. The molecule has 0 saturated heterocycles. The fourth-order valence-electron chi connectivity index (χ4n) is 1.99. The average molecular weight is 309 g/mol. The van der Waals surface area contributed by atoms with Crippen molar-refractivity contribution in [2.75, 3.05) is 5.32 Å². The van der Waals surface area contributed by atoms with Gasteiger partial charge in [-0.3, -0.25) is 14.6 Å². The van der Waals surface area contributed by atoms with Crippen molar-refractivity contribution in [1.29, 1.82) is 0 Å². The molecule has 0 unspecified atom stereocenters. The molecule has 2 rings (SSSR count). The molecular formula is C18H19N3O2. The zero-order valence-electron chi connectivity index (χ0n) is 13.2. The molecule has 0 aliphatic rings. The van der Waals surface area contributed by atoms with Crippen molar-refractivity contribution < 1.29 is 9.59 Å². The second kappa shape index (κ2) is 7.89. The van der Waals surface area contributed by atoms with Crippen LogP contribution in [0.3, 0.4) is 0 Å². The van der Waals surface area contributed by atoms with Gasteiger partial charge in [0.15, 0.2) is 0 Å². The number of aryl methyl sites for hydroxylation is 1. The molecule has 23 heavy (non-hydrogen) atoms. The number of benzene rings is 1. The lowest BCUT2D eigenvalue weighted by Crippen LogP contribution is -2.20. The van der Waals surface area contributed by atoms with Gasteiger partial charge in [-0.1, -0.05) is 18.2 Å². The van der Waals surface area contributed by atoms with Gasteiger partial charge in [-0.25, -0.2) is 0 Å². The van der Waals surface area contributed by atoms with Crippen molar-refractivity contribution in [2.24, 2.45) is 0 Å². The molecule has 118 valence electrons. The number of nitrogens with zero attached hydrogens (tertiary/aromatic N) is 1. The van der Waals surface area contributed by atoms with Crippen LogP contribution < -0.4 is 10.6 Å². The first-order valence-electron chi connectivity index (χ1n) is 7.29. The van der Waals surface area contributed by atoms with Crippen molar-refractivity contribution in [2.45, 2.75) is 20.4 Å². The highest BCUT2D eigenvalue weighted by Gasteiger charge is 1.99. The molecule has 0 radical (unpaired) electrons. The van der Waals surface area contributed by atoms with E-state index in [0.717, 1.165) is 22.6 Å². The summed E-state index contributed by atoms with van der Waals surface area (Å²) in [6.45, 7) is 3.77. The molecule has 1 aromatic carbocycles. The maximum Gasteiger partial charge on any atom is 0.244 e. The molecular weight excluding hydrogens is 290 g/mol. The standard InChI is InChI=1S/C18H19N3O2/c1-13-4-3-5-17(20-13)12-19-18(23)11-8-15-6-9-16(10-7-15)21-14(2)22/h3-11H,12H2,1-2H3,(H,19,23)(H,21,22)/b11-8+. The molecule has 1 heterocycles. The first-order chi connectivity index (χ1) is 11.0. The monoisotopic (exact) mass is 309 g/mol. The molecule has 5 nitrogen and oxygen atoms in total. The molecule has 0 atom stereocenters. The lowest BCUT2D eigenvalue weighted by atomic mass is 10.2. The molecule has 0 spiro atoms. The van der Waals surface area contributed by atoms with Crippen LogP contribution in [0, 0.1) is 6.92 Å². The molecule has 0 aliphatic heterocycles. The third kappa shape index (κ3) is 5.74. The van der Waals surface area contributed by atoms with E-state index in [1.165, 1.54) is 13.0 Å². The van der Waals surface area contributed by atoms with Gasteiger partial charge in [-0.2, -0.15) is 0 Å². The van der Waals surface area contributed by atoms with Crippen LogP contribution in [0.15, 0.2) is 48.5 Å². The summed E-state index contributed by atoms with van der Waals surface area (Å²) in [4.78, 5) is 27.1. The maximum absolute atomic E-state index is 11.8. The number of nitrogens with one attached hydrogen (secondary N) is 2. The number of anilines is 1. The molecule has 1 aromatic heterocycles. The third-order valence-electron chi connectivity index (χ3n) is 3.05.